The molecule has 0 radical (unpaired) electrons. The molecule has 10 heteroatoms. The lowest BCUT2D eigenvalue weighted by Crippen LogP contribution is -2.31. The van der Waals surface area contributed by atoms with E-state index in [4.69, 9.17) is 4.74 Å². The summed E-state index contributed by atoms with van der Waals surface area (Å²) in [6.07, 6.45) is -1.40. The number of halogens is 3. The highest BCUT2D eigenvalue weighted by Gasteiger charge is 2.34. The summed E-state index contributed by atoms with van der Waals surface area (Å²) in [4.78, 5) is 31.9. The zero-order valence-corrected chi connectivity index (χ0v) is 19.4. The predicted molar refractivity (Wildman–Crippen MR) is 129 cm³/mol. The van der Waals surface area contributed by atoms with Crippen LogP contribution in [0.1, 0.15) is 30.0 Å². The number of nitrogens with one attached hydrogen (secondary N) is 1. The van der Waals surface area contributed by atoms with Crippen LogP contribution in [0.3, 0.4) is 0 Å². The molecule has 7 nitrogen and oxygen atoms in total. The molecule has 2 aliphatic rings. The van der Waals surface area contributed by atoms with E-state index in [1.807, 2.05) is 13.0 Å². The number of nitrogens with zero attached hydrogens (tertiary/aromatic N) is 3. The summed E-state index contributed by atoms with van der Waals surface area (Å²) >= 11 is 0. The van der Waals surface area contributed by atoms with Gasteiger partial charge in [-0.1, -0.05) is 13.0 Å². The van der Waals surface area contributed by atoms with Crippen molar-refractivity contribution in [3.63, 3.8) is 0 Å². The Morgan fingerprint density at radius 2 is 1.72 bits per heavy atom. The minimum absolute atomic E-state index is 0.0831. The second-order valence-corrected chi connectivity index (χ2v) is 8.57. The Morgan fingerprint density at radius 1 is 0.972 bits per heavy atom. The largest absolute Gasteiger partial charge is 0.457 e. The highest BCUT2D eigenvalue weighted by Crippen LogP contribution is 2.37. The lowest BCUT2D eigenvalue weighted by atomic mass is 10.1. The van der Waals surface area contributed by atoms with Gasteiger partial charge in [0.25, 0.3) is 0 Å². The van der Waals surface area contributed by atoms with Crippen LogP contribution in [0.15, 0.2) is 54.7 Å². The van der Waals surface area contributed by atoms with Crippen molar-refractivity contribution < 1.29 is 27.5 Å². The number of alkyl halides is 3. The number of carbonyl (C=O) groups excluding carboxylic acids is 2. The third kappa shape index (κ3) is 4.46. The van der Waals surface area contributed by atoms with Gasteiger partial charge in [0.2, 0.25) is 5.91 Å². The van der Waals surface area contributed by atoms with E-state index in [-0.39, 0.29) is 24.2 Å². The summed E-state index contributed by atoms with van der Waals surface area (Å²) in [6, 6.07) is 11.6. The first-order chi connectivity index (χ1) is 17.2. The first-order valence-electron chi connectivity index (χ1n) is 11.6. The maximum Gasteiger partial charge on any atom is 0.416 e. The number of carbonyl (C=O) groups is 2. The van der Waals surface area contributed by atoms with E-state index in [0.29, 0.717) is 48.8 Å². The van der Waals surface area contributed by atoms with Gasteiger partial charge in [0.1, 0.15) is 17.3 Å². The number of rotatable bonds is 5. The van der Waals surface area contributed by atoms with Crippen LogP contribution in [-0.4, -0.2) is 30.0 Å². The quantitative estimate of drug-likeness (QED) is 0.486. The lowest BCUT2D eigenvalue weighted by Gasteiger charge is -2.22. The van der Waals surface area contributed by atoms with E-state index in [0.717, 1.165) is 23.3 Å². The standard InChI is InChI=1S/C26H23F3N4O3/c1-2-16-14-19(6-8-21(16)36-22-10-11-30-24-20(22)7-9-23(34)31-24)33-13-12-32(25(33)35)18-5-3-4-17(15-18)26(27,28)29/h3-6,8,10-11,14-15H,2,7,9,12-13H2,1H3,(H,30,31,34). The molecule has 36 heavy (non-hydrogen) atoms. The smallest absolute Gasteiger partial charge is 0.416 e. The molecule has 0 unspecified atom stereocenters. The zero-order valence-electron chi connectivity index (χ0n) is 19.4. The molecule has 3 heterocycles. The van der Waals surface area contributed by atoms with Gasteiger partial charge in [-0.15, -0.1) is 0 Å². The predicted octanol–water partition coefficient (Wildman–Crippen LogP) is 5.79. The van der Waals surface area contributed by atoms with Crippen molar-refractivity contribution in [3.05, 3.63) is 71.4 Å². The number of urea groups is 1. The molecule has 1 saturated heterocycles. The highest BCUT2D eigenvalue weighted by molar-refractivity contribution is 6.06. The molecule has 5 rings (SSSR count). The zero-order chi connectivity index (χ0) is 25.4. The number of hydrogen-bond acceptors (Lipinski definition) is 4. The molecule has 0 bridgehead atoms. The third-order valence-corrected chi connectivity index (χ3v) is 6.32. The van der Waals surface area contributed by atoms with Crippen LogP contribution in [0.5, 0.6) is 11.5 Å². The van der Waals surface area contributed by atoms with Gasteiger partial charge in [-0.05, 0) is 60.9 Å². The second-order valence-electron chi connectivity index (χ2n) is 8.57. The lowest BCUT2D eigenvalue weighted by molar-refractivity contribution is -0.137. The molecule has 1 aromatic heterocycles. The van der Waals surface area contributed by atoms with Crippen LogP contribution in [0.25, 0.3) is 0 Å². The fourth-order valence-corrected chi connectivity index (χ4v) is 4.45. The van der Waals surface area contributed by atoms with Gasteiger partial charge in [0, 0.05) is 42.6 Å². The molecule has 0 aliphatic carbocycles. The molecule has 1 fully saturated rings. The third-order valence-electron chi connectivity index (χ3n) is 6.32. The molecule has 1 N–H and O–H groups in total. The molecule has 2 aromatic carbocycles. The Morgan fingerprint density at radius 3 is 2.44 bits per heavy atom. The van der Waals surface area contributed by atoms with Crippen LogP contribution in [0.2, 0.25) is 0 Å². The molecule has 0 saturated carbocycles. The minimum Gasteiger partial charge on any atom is -0.457 e. The Kier molecular flexibility index (Phi) is 6.03. The minimum atomic E-state index is -4.48. The molecule has 3 amide bonds. The van der Waals surface area contributed by atoms with Gasteiger partial charge in [-0.3, -0.25) is 14.6 Å². The van der Waals surface area contributed by atoms with Crippen molar-refractivity contribution >= 4 is 29.1 Å². The molecule has 0 atom stereocenters. The number of anilines is 3. The SMILES string of the molecule is CCc1cc(N2CCN(c3cccc(C(F)(F)F)c3)C2=O)ccc1Oc1ccnc2c1CCC(=O)N2. The normalized spacial score (nSPS) is 15.7. The summed E-state index contributed by atoms with van der Waals surface area (Å²) in [5, 5.41) is 2.75. The number of amides is 3. The van der Waals surface area contributed by atoms with Crippen molar-refractivity contribution in [2.24, 2.45) is 0 Å². The van der Waals surface area contributed by atoms with Crippen LogP contribution in [-0.2, 0) is 23.8 Å². The number of aryl methyl sites for hydroxylation is 1. The summed E-state index contributed by atoms with van der Waals surface area (Å²) in [6.45, 7) is 2.58. The highest BCUT2D eigenvalue weighted by atomic mass is 19.4. The van der Waals surface area contributed by atoms with E-state index >= 15 is 0 Å². The first kappa shape index (κ1) is 23.7. The average Bonchev–Trinajstić information content (AvgIpc) is 3.25. The van der Waals surface area contributed by atoms with Crippen LogP contribution in [0.4, 0.5) is 35.2 Å². The Bertz CT molecular complexity index is 1340. The summed E-state index contributed by atoms with van der Waals surface area (Å²) in [5.74, 6) is 1.64. The number of ether oxygens (including phenoxy) is 1. The average molecular weight is 496 g/mol. The molecular weight excluding hydrogens is 473 g/mol. The molecule has 186 valence electrons. The van der Waals surface area contributed by atoms with Crippen molar-refractivity contribution in [2.75, 3.05) is 28.2 Å². The summed E-state index contributed by atoms with van der Waals surface area (Å²) < 4.78 is 45.6. The van der Waals surface area contributed by atoms with Gasteiger partial charge in [-0.2, -0.15) is 13.2 Å². The van der Waals surface area contributed by atoms with Crippen molar-refractivity contribution in [2.45, 2.75) is 32.4 Å². The number of pyridine rings is 1. The van der Waals surface area contributed by atoms with Crippen molar-refractivity contribution in [3.8, 4) is 11.5 Å². The van der Waals surface area contributed by atoms with Gasteiger partial charge in [-0.25, -0.2) is 9.78 Å². The summed E-state index contributed by atoms with van der Waals surface area (Å²) in [7, 11) is 0. The van der Waals surface area contributed by atoms with Gasteiger partial charge >= 0.3 is 12.2 Å². The maximum atomic E-state index is 13.1. The van der Waals surface area contributed by atoms with E-state index in [2.05, 4.69) is 10.3 Å². The van der Waals surface area contributed by atoms with Gasteiger partial charge in [0.05, 0.1) is 5.56 Å². The molecule has 3 aromatic rings. The Balaban J connectivity index is 1.38. The van der Waals surface area contributed by atoms with E-state index in [1.165, 1.54) is 17.0 Å². The Hall–Kier alpha value is -4.08. The van der Waals surface area contributed by atoms with E-state index in [1.54, 1.807) is 29.3 Å². The van der Waals surface area contributed by atoms with E-state index < -0.39 is 11.7 Å². The van der Waals surface area contributed by atoms with E-state index in [9.17, 15) is 22.8 Å². The van der Waals surface area contributed by atoms with Crippen LogP contribution < -0.4 is 19.9 Å². The second kappa shape index (κ2) is 9.18. The summed E-state index contributed by atoms with van der Waals surface area (Å²) in [5.41, 5.74) is 1.75. The van der Waals surface area contributed by atoms with Crippen molar-refractivity contribution in [1.29, 1.82) is 0 Å². The van der Waals surface area contributed by atoms with Crippen LogP contribution >= 0.6 is 0 Å². The fourth-order valence-electron chi connectivity index (χ4n) is 4.45. The molecule has 0 spiro atoms. The molecular formula is C26H23F3N4O3. The number of hydrogen-bond donors (Lipinski definition) is 1. The van der Waals surface area contributed by atoms with Gasteiger partial charge < -0.3 is 10.1 Å². The maximum absolute atomic E-state index is 13.1. The number of fused-ring (bicyclic) bond motifs is 1. The van der Waals surface area contributed by atoms with Crippen LogP contribution in [0, 0.1) is 0 Å². The molecule has 2 aliphatic heterocycles. The number of aromatic nitrogens is 1. The topological polar surface area (TPSA) is 74.8 Å². The fraction of sp³-hybridized carbons (Fsp3) is 0.269. The van der Waals surface area contributed by atoms with Crippen molar-refractivity contribution in [1.82, 2.24) is 4.98 Å². The monoisotopic (exact) mass is 496 g/mol. The first-order valence-corrected chi connectivity index (χ1v) is 11.6. The van der Waals surface area contributed by atoms with Gasteiger partial charge in [0.15, 0.2) is 0 Å². The number of benzene rings is 2. The Labute approximate surface area is 205 Å².